The van der Waals surface area contributed by atoms with E-state index in [9.17, 15) is 19.2 Å². The first-order valence-electron chi connectivity index (χ1n) is 11.2. The molecule has 1 aliphatic carbocycles. The summed E-state index contributed by atoms with van der Waals surface area (Å²) in [5, 5.41) is 0.570. The van der Waals surface area contributed by atoms with Gasteiger partial charge in [-0.05, 0) is 61.4 Å². The number of amides is 3. The Morgan fingerprint density at radius 3 is 2.03 bits per heavy atom. The Bertz CT molecular complexity index is 1090. The minimum Gasteiger partial charge on any atom is -0.426 e. The van der Waals surface area contributed by atoms with Crippen LogP contribution in [0, 0.1) is 17.8 Å². The van der Waals surface area contributed by atoms with Crippen molar-refractivity contribution in [2.45, 2.75) is 32.1 Å². The maximum atomic E-state index is 12.8. The fraction of sp³-hybridized carbons (Fsp3) is 0.360. The van der Waals surface area contributed by atoms with Crippen molar-refractivity contribution in [1.29, 1.82) is 0 Å². The number of rotatable bonds is 4. The van der Waals surface area contributed by atoms with Crippen LogP contribution in [0.4, 0.5) is 11.4 Å². The van der Waals surface area contributed by atoms with E-state index in [1.54, 1.807) is 53.4 Å². The number of benzene rings is 2. The topological polar surface area (TPSA) is 84.0 Å². The predicted octanol–water partition coefficient (Wildman–Crippen LogP) is 3.98. The van der Waals surface area contributed by atoms with E-state index in [0.29, 0.717) is 22.1 Å². The number of carbonyl (C=O) groups excluding carboxylic acids is 4. The van der Waals surface area contributed by atoms with Crippen molar-refractivity contribution in [2.24, 2.45) is 17.8 Å². The molecule has 2 heterocycles. The van der Waals surface area contributed by atoms with E-state index in [2.05, 4.69) is 0 Å². The summed E-state index contributed by atoms with van der Waals surface area (Å²) in [6.45, 7) is 0.233. The standard InChI is InChI=1S/C25H23ClN2O5/c26-16-5-7-17(8-6-16)27-14-15(13-22(27)29)25(32)33-19-11-9-18(10-12-19)28-23(30)20-3-1-2-4-21(20)24(28)31/h5-12,15,20-21H,1-4,13-14H2/t15-,20+,21+/m0/s1. The van der Waals surface area contributed by atoms with Gasteiger partial charge in [0, 0.05) is 23.7 Å². The van der Waals surface area contributed by atoms with Gasteiger partial charge in [-0.25, -0.2) is 0 Å². The minimum absolute atomic E-state index is 0.0686. The van der Waals surface area contributed by atoms with Gasteiger partial charge in [0.1, 0.15) is 5.75 Å². The second kappa shape index (κ2) is 8.63. The number of halogens is 1. The van der Waals surface area contributed by atoms with Gasteiger partial charge >= 0.3 is 5.97 Å². The summed E-state index contributed by atoms with van der Waals surface area (Å²) in [6.07, 6.45) is 3.53. The lowest BCUT2D eigenvalue weighted by Gasteiger charge is -2.19. The van der Waals surface area contributed by atoms with Crippen molar-refractivity contribution in [1.82, 2.24) is 0 Å². The third kappa shape index (κ3) is 4.02. The molecule has 2 saturated heterocycles. The highest BCUT2D eigenvalue weighted by Crippen LogP contribution is 2.40. The summed E-state index contributed by atoms with van der Waals surface area (Å²) >= 11 is 5.91. The Labute approximate surface area is 196 Å². The molecule has 3 atom stereocenters. The van der Waals surface area contributed by atoms with Gasteiger partial charge in [0.2, 0.25) is 17.7 Å². The zero-order valence-corrected chi connectivity index (χ0v) is 18.7. The van der Waals surface area contributed by atoms with Crippen LogP contribution in [0.3, 0.4) is 0 Å². The van der Waals surface area contributed by atoms with Gasteiger partial charge in [-0.2, -0.15) is 0 Å². The normalized spacial score (nSPS) is 24.9. The Morgan fingerprint density at radius 2 is 1.42 bits per heavy atom. The highest BCUT2D eigenvalue weighted by molar-refractivity contribution is 6.30. The Hall–Kier alpha value is -3.19. The average Bonchev–Trinajstić information content (AvgIpc) is 3.33. The van der Waals surface area contributed by atoms with Crippen LogP contribution in [0.15, 0.2) is 48.5 Å². The molecule has 3 amide bonds. The molecule has 170 valence electrons. The lowest BCUT2D eigenvalue weighted by Crippen LogP contribution is -2.30. The quantitative estimate of drug-likeness (QED) is 0.386. The third-order valence-electron chi connectivity index (χ3n) is 6.75. The van der Waals surface area contributed by atoms with E-state index in [1.165, 1.54) is 4.90 Å². The van der Waals surface area contributed by atoms with Crippen LogP contribution in [0.5, 0.6) is 5.75 Å². The van der Waals surface area contributed by atoms with Crippen molar-refractivity contribution >= 4 is 46.7 Å². The number of hydrogen-bond acceptors (Lipinski definition) is 5. The summed E-state index contributed by atoms with van der Waals surface area (Å²) in [5.74, 6) is -1.63. The van der Waals surface area contributed by atoms with Gasteiger partial charge in [0.05, 0.1) is 23.4 Å². The smallest absolute Gasteiger partial charge is 0.316 e. The van der Waals surface area contributed by atoms with Crippen molar-refractivity contribution in [3.63, 3.8) is 0 Å². The molecule has 0 aromatic heterocycles. The van der Waals surface area contributed by atoms with Crippen molar-refractivity contribution < 1.29 is 23.9 Å². The number of fused-ring (bicyclic) bond motifs is 1. The minimum atomic E-state index is -0.585. The number of imide groups is 1. The second-order valence-corrected chi connectivity index (χ2v) is 9.24. The van der Waals surface area contributed by atoms with Crippen LogP contribution in [0.25, 0.3) is 0 Å². The maximum absolute atomic E-state index is 12.8. The van der Waals surface area contributed by atoms with E-state index in [0.717, 1.165) is 25.7 Å². The van der Waals surface area contributed by atoms with Crippen LogP contribution < -0.4 is 14.5 Å². The van der Waals surface area contributed by atoms with Crippen molar-refractivity contribution in [2.75, 3.05) is 16.3 Å². The molecule has 8 heteroatoms. The summed E-state index contributed by atoms with van der Waals surface area (Å²) in [5.41, 5.74) is 1.17. The van der Waals surface area contributed by atoms with Gasteiger partial charge in [-0.15, -0.1) is 0 Å². The van der Waals surface area contributed by atoms with E-state index in [1.807, 2.05) is 0 Å². The Balaban J connectivity index is 1.24. The first-order chi connectivity index (χ1) is 15.9. The summed E-state index contributed by atoms with van der Waals surface area (Å²) in [7, 11) is 0. The molecule has 1 saturated carbocycles. The van der Waals surface area contributed by atoms with Gasteiger partial charge in [-0.3, -0.25) is 24.1 Å². The van der Waals surface area contributed by atoms with Crippen LogP contribution in [-0.4, -0.2) is 30.2 Å². The molecule has 0 N–H and O–H groups in total. The predicted molar refractivity (Wildman–Crippen MR) is 122 cm³/mol. The molecule has 2 aromatic carbocycles. The summed E-state index contributed by atoms with van der Waals surface area (Å²) in [4.78, 5) is 53.4. The molecule has 33 heavy (non-hydrogen) atoms. The van der Waals surface area contributed by atoms with Crippen LogP contribution in [-0.2, 0) is 19.2 Å². The average molecular weight is 467 g/mol. The SMILES string of the molecule is O=C(Oc1ccc(N2C(=O)[C@@H]3CCCC[C@H]3C2=O)cc1)[C@H]1CC(=O)N(c2ccc(Cl)cc2)C1. The fourth-order valence-electron chi connectivity index (χ4n) is 5.02. The molecular weight excluding hydrogens is 444 g/mol. The van der Waals surface area contributed by atoms with Gasteiger partial charge in [0.25, 0.3) is 0 Å². The third-order valence-corrected chi connectivity index (χ3v) is 7.00. The molecule has 0 spiro atoms. The number of hydrogen-bond donors (Lipinski definition) is 0. The zero-order valence-electron chi connectivity index (χ0n) is 17.9. The number of ether oxygens (including phenoxy) is 1. The van der Waals surface area contributed by atoms with Crippen LogP contribution in [0.2, 0.25) is 5.02 Å². The van der Waals surface area contributed by atoms with Crippen molar-refractivity contribution in [3.8, 4) is 5.75 Å². The van der Waals surface area contributed by atoms with Gasteiger partial charge < -0.3 is 9.64 Å². The summed E-state index contributed by atoms with van der Waals surface area (Å²) in [6, 6.07) is 13.3. The molecule has 3 fully saturated rings. The highest BCUT2D eigenvalue weighted by Gasteiger charge is 2.48. The largest absolute Gasteiger partial charge is 0.426 e. The lowest BCUT2D eigenvalue weighted by atomic mass is 9.81. The molecule has 0 bridgehead atoms. The highest BCUT2D eigenvalue weighted by atomic mass is 35.5. The summed E-state index contributed by atoms with van der Waals surface area (Å²) < 4.78 is 5.49. The molecule has 5 rings (SSSR count). The first kappa shape index (κ1) is 21.6. The number of carbonyl (C=O) groups is 4. The Morgan fingerprint density at radius 1 is 0.848 bits per heavy atom. The van der Waals surface area contributed by atoms with Crippen LogP contribution in [0.1, 0.15) is 32.1 Å². The van der Waals surface area contributed by atoms with E-state index in [-0.39, 0.29) is 42.5 Å². The Kier molecular flexibility index (Phi) is 5.66. The molecule has 2 aliphatic heterocycles. The van der Waals surface area contributed by atoms with Gasteiger partial charge in [-0.1, -0.05) is 24.4 Å². The molecule has 0 unspecified atom stereocenters. The molecule has 7 nitrogen and oxygen atoms in total. The number of nitrogens with zero attached hydrogens (tertiary/aromatic N) is 2. The zero-order chi connectivity index (χ0) is 23.1. The monoisotopic (exact) mass is 466 g/mol. The molecule has 3 aliphatic rings. The van der Waals surface area contributed by atoms with Crippen molar-refractivity contribution in [3.05, 3.63) is 53.6 Å². The first-order valence-corrected chi connectivity index (χ1v) is 11.6. The lowest BCUT2D eigenvalue weighted by molar-refractivity contribution is -0.139. The van der Waals surface area contributed by atoms with E-state index >= 15 is 0 Å². The van der Waals surface area contributed by atoms with Crippen LogP contribution >= 0.6 is 11.6 Å². The van der Waals surface area contributed by atoms with E-state index < -0.39 is 11.9 Å². The maximum Gasteiger partial charge on any atom is 0.316 e. The molecule has 2 aromatic rings. The second-order valence-electron chi connectivity index (χ2n) is 8.81. The van der Waals surface area contributed by atoms with Gasteiger partial charge in [0.15, 0.2) is 0 Å². The number of esters is 1. The molecule has 0 radical (unpaired) electrons. The fourth-order valence-corrected chi connectivity index (χ4v) is 5.14. The molecular formula is C25H23ClN2O5. The van der Waals surface area contributed by atoms with E-state index in [4.69, 9.17) is 16.3 Å². The number of anilines is 2.